The fraction of sp³-hybridized carbons (Fsp3) is 0.129. The Morgan fingerprint density at radius 3 is 1.32 bits per heavy atom. The van der Waals surface area contributed by atoms with Gasteiger partial charge in [-0.15, -0.1) is 0 Å². The van der Waals surface area contributed by atoms with Gasteiger partial charge in [0.05, 0.1) is 51.4 Å². The summed E-state index contributed by atoms with van der Waals surface area (Å²) in [6.07, 6.45) is 1.72. The van der Waals surface area contributed by atoms with Crippen molar-refractivity contribution in [2.24, 2.45) is 0 Å². The average molecular weight is 851 g/mol. The number of fused-ring (bicyclic) bond motifs is 12. The van der Waals surface area contributed by atoms with E-state index in [-0.39, 0.29) is 0 Å². The molecule has 0 radical (unpaired) electrons. The normalized spacial score (nSPS) is 12.6. The fourth-order valence-corrected chi connectivity index (χ4v) is 12.0. The van der Waals surface area contributed by atoms with E-state index in [1.807, 2.05) is 0 Å². The van der Waals surface area contributed by atoms with Gasteiger partial charge in [0.25, 0.3) is 0 Å². The van der Waals surface area contributed by atoms with Crippen LogP contribution in [0.5, 0.6) is 0 Å². The highest BCUT2D eigenvalue weighted by Gasteiger charge is 2.35. The lowest BCUT2D eigenvalue weighted by atomic mass is 9.96. The third kappa shape index (κ3) is 5.51. The van der Waals surface area contributed by atoms with Crippen LogP contribution in [0.1, 0.15) is 50.1 Å². The fourth-order valence-electron chi connectivity index (χ4n) is 12.0. The Morgan fingerprint density at radius 1 is 0.424 bits per heavy atom. The van der Waals surface area contributed by atoms with E-state index in [4.69, 9.17) is 0 Å². The molecule has 66 heavy (non-hydrogen) atoms. The van der Waals surface area contributed by atoms with Crippen molar-refractivity contribution in [3.05, 3.63) is 226 Å². The Morgan fingerprint density at radius 2 is 0.833 bits per heavy atom. The second-order valence-corrected chi connectivity index (χ2v) is 18.7. The molecule has 2 heterocycles. The third-order valence-corrected chi connectivity index (χ3v) is 15.1. The number of anilines is 2. The van der Waals surface area contributed by atoms with Crippen molar-refractivity contribution in [2.75, 3.05) is 17.1 Å². The first-order valence-corrected chi connectivity index (χ1v) is 23.4. The summed E-state index contributed by atoms with van der Waals surface area (Å²) in [6.45, 7) is 9.94. The van der Waals surface area contributed by atoms with Crippen molar-refractivity contribution >= 4 is 55.0 Å². The van der Waals surface area contributed by atoms with Gasteiger partial charge in [-0.1, -0.05) is 140 Å². The zero-order valence-electron chi connectivity index (χ0n) is 38.2. The van der Waals surface area contributed by atoms with E-state index in [1.165, 1.54) is 139 Å². The molecule has 2 aromatic heterocycles. The van der Waals surface area contributed by atoms with Crippen molar-refractivity contribution < 1.29 is 0 Å². The van der Waals surface area contributed by atoms with E-state index in [0.717, 1.165) is 19.4 Å². The maximum absolute atomic E-state index is 2.63. The standard InChI is InChI=1S/C62H50N4/c1-38-19-18-22-44(41(38)4)37-64(62-40(3)34-58(60-46-24-9-7-21-43(46)36-52(60)62)66-55-31-16-12-27-49(55)50-28-13-17-32-56(50)66)63(5)61-39(2)33-57(59-45-23-8-6-20-42(45)35-51(59)61)65-53-29-14-10-25-47(53)48-26-11-15-30-54(48)65/h6-34H,35-37H2,1-5H3. The minimum absolute atomic E-state index is 0.720. The topological polar surface area (TPSA) is 16.3 Å². The van der Waals surface area contributed by atoms with Crippen LogP contribution in [0.15, 0.2) is 176 Å². The summed E-state index contributed by atoms with van der Waals surface area (Å²) < 4.78 is 5.06. The predicted octanol–water partition coefficient (Wildman–Crippen LogP) is 15.3. The highest BCUT2D eigenvalue weighted by Crippen LogP contribution is 2.52. The van der Waals surface area contributed by atoms with Crippen LogP contribution < -0.4 is 10.0 Å². The lowest BCUT2D eigenvalue weighted by Crippen LogP contribution is -2.42. The highest BCUT2D eigenvalue weighted by molar-refractivity contribution is 6.11. The molecule has 4 nitrogen and oxygen atoms in total. The SMILES string of the molecule is Cc1cccc(CN(c2c(C)cc(-n3c4ccccc4c4ccccc43)c3c2Cc2ccccc2-3)N(C)c2c(C)cc(-n3c4ccccc4c4ccccc43)c3c2Cc2ccccc2-3)c1C. The van der Waals surface area contributed by atoms with Gasteiger partial charge in [-0.2, -0.15) is 0 Å². The lowest BCUT2D eigenvalue weighted by molar-refractivity contribution is 0.764. The Kier molecular flexibility index (Phi) is 8.54. The van der Waals surface area contributed by atoms with E-state index in [1.54, 1.807) is 0 Å². The highest BCUT2D eigenvalue weighted by atomic mass is 15.6. The second-order valence-electron chi connectivity index (χ2n) is 18.7. The minimum atomic E-state index is 0.720. The summed E-state index contributed by atoms with van der Waals surface area (Å²) in [5.74, 6) is 0. The average Bonchev–Trinajstić information content (AvgIpc) is 4.10. The molecule has 2 aliphatic rings. The molecule has 11 aromatic rings. The van der Waals surface area contributed by atoms with Gasteiger partial charge in [-0.05, 0) is 125 Å². The number of para-hydroxylation sites is 4. The number of rotatable bonds is 7. The molecule has 0 bridgehead atoms. The summed E-state index contributed by atoms with van der Waals surface area (Å²) in [7, 11) is 2.33. The molecule has 0 aliphatic heterocycles. The van der Waals surface area contributed by atoms with Crippen LogP contribution in [0.3, 0.4) is 0 Å². The molecule has 0 saturated heterocycles. The van der Waals surface area contributed by atoms with E-state index >= 15 is 0 Å². The predicted molar refractivity (Wildman–Crippen MR) is 278 cm³/mol. The first-order valence-electron chi connectivity index (χ1n) is 23.4. The van der Waals surface area contributed by atoms with Crippen LogP contribution in [0, 0.1) is 27.7 Å². The first kappa shape index (κ1) is 38.6. The summed E-state index contributed by atoms with van der Waals surface area (Å²) in [5.41, 5.74) is 27.3. The zero-order valence-corrected chi connectivity index (χ0v) is 38.2. The van der Waals surface area contributed by atoms with E-state index in [9.17, 15) is 0 Å². The van der Waals surface area contributed by atoms with Crippen molar-refractivity contribution in [3.8, 4) is 33.6 Å². The van der Waals surface area contributed by atoms with Crippen LogP contribution in [0.2, 0.25) is 0 Å². The molecule has 0 fully saturated rings. The molecule has 0 saturated carbocycles. The van der Waals surface area contributed by atoms with Crippen LogP contribution in [0.25, 0.3) is 77.2 Å². The largest absolute Gasteiger partial charge is 0.309 e. The Bertz CT molecular complexity index is 3720. The molecule has 9 aromatic carbocycles. The van der Waals surface area contributed by atoms with Crippen LogP contribution in [0.4, 0.5) is 11.4 Å². The van der Waals surface area contributed by atoms with E-state index in [2.05, 4.69) is 230 Å². The molecule has 318 valence electrons. The Balaban J connectivity index is 1.08. The molecule has 13 rings (SSSR count). The summed E-state index contributed by atoms with van der Waals surface area (Å²) in [4.78, 5) is 0. The third-order valence-electron chi connectivity index (χ3n) is 15.1. The van der Waals surface area contributed by atoms with E-state index in [0.29, 0.717) is 0 Å². The van der Waals surface area contributed by atoms with Crippen molar-refractivity contribution in [3.63, 3.8) is 0 Å². The molecule has 0 N–H and O–H groups in total. The van der Waals surface area contributed by atoms with Crippen LogP contribution in [-0.2, 0) is 19.4 Å². The van der Waals surface area contributed by atoms with Gasteiger partial charge >= 0.3 is 0 Å². The first-order chi connectivity index (χ1) is 32.4. The molecule has 0 spiro atoms. The minimum Gasteiger partial charge on any atom is -0.309 e. The summed E-state index contributed by atoms with van der Waals surface area (Å²) in [6, 6.07) is 65.6. The second kappa shape index (κ2) is 14.6. The van der Waals surface area contributed by atoms with Gasteiger partial charge in [-0.3, -0.25) is 10.0 Å². The molecular formula is C62H50N4. The van der Waals surface area contributed by atoms with Gasteiger partial charge in [0.2, 0.25) is 0 Å². The molecule has 0 unspecified atom stereocenters. The molecular weight excluding hydrogens is 801 g/mol. The number of hydrazine groups is 1. The zero-order chi connectivity index (χ0) is 44.4. The molecule has 0 atom stereocenters. The number of benzene rings is 9. The van der Waals surface area contributed by atoms with Gasteiger partial charge in [0, 0.05) is 52.6 Å². The lowest BCUT2D eigenvalue weighted by Gasteiger charge is -2.40. The monoisotopic (exact) mass is 850 g/mol. The molecule has 0 amide bonds. The Labute approximate surface area is 386 Å². The van der Waals surface area contributed by atoms with Gasteiger partial charge in [-0.25, -0.2) is 0 Å². The quantitative estimate of drug-likeness (QED) is 0.149. The number of hydrogen-bond acceptors (Lipinski definition) is 2. The van der Waals surface area contributed by atoms with Gasteiger partial charge < -0.3 is 9.13 Å². The van der Waals surface area contributed by atoms with E-state index < -0.39 is 0 Å². The number of nitrogens with zero attached hydrogens (tertiary/aromatic N) is 4. The van der Waals surface area contributed by atoms with Crippen LogP contribution in [-0.4, -0.2) is 16.2 Å². The summed E-state index contributed by atoms with van der Waals surface area (Å²) >= 11 is 0. The van der Waals surface area contributed by atoms with Crippen molar-refractivity contribution in [1.82, 2.24) is 9.13 Å². The van der Waals surface area contributed by atoms with Crippen LogP contribution >= 0.6 is 0 Å². The van der Waals surface area contributed by atoms with Crippen molar-refractivity contribution in [2.45, 2.75) is 47.1 Å². The molecule has 4 heteroatoms. The smallest absolute Gasteiger partial charge is 0.0650 e. The number of hydrogen-bond donors (Lipinski definition) is 0. The van der Waals surface area contributed by atoms with Gasteiger partial charge in [0.1, 0.15) is 0 Å². The van der Waals surface area contributed by atoms with Gasteiger partial charge in [0.15, 0.2) is 0 Å². The maximum Gasteiger partial charge on any atom is 0.0650 e. The number of aromatic nitrogens is 2. The van der Waals surface area contributed by atoms with Crippen molar-refractivity contribution in [1.29, 1.82) is 0 Å². The Hall–Kier alpha value is -7.82. The number of aryl methyl sites for hydroxylation is 3. The summed E-state index contributed by atoms with van der Waals surface area (Å²) in [5, 5.41) is 10.3. The maximum atomic E-state index is 2.63. The molecule has 2 aliphatic carbocycles.